The van der Waals surface area contributed by atoms with Gasteiger partial charge in [0.15, 0.2) is 6.61 Å². The molecule has 0 saturated carbocycles. The number of pyridine rings is 1. The van der Waals surface area contributed by atoms with E-state index in [9.17, 15) is 9.59 Å². The Hall–Kier alpha value is -3.21. The average Bonchev–Trinajstić information content (AvgIpc) is 3.18. The van der Waals surface area contributed by atoms with Crippen molar-refractivity contribution in [2.24, 2.45) is 0 Å². The van der Waals surface area contributed by atoms with E-state index in [-0.39, 0.29) is 12.5 Å². The zero-order chi connectivity index (χ0) is 19.5. The van der Waals surface area contributed by atoms with Gasteiger partial charge in [-0.2, -0.15) is 0 Å². The quantitative estimate of drug-likeness (QED) is 0.683. The number of esters is 1. The topological polar surface area (TPSA) is 68.3 Å². The van der Waals surface area contributed by atoms with Gasteiger partial charge in [0.25, 0.3) is 5.91 Å². The van der Waals surface area contributed by atoms with Crippen LogP contribution in [0.4, 0.5) is 5.69 Å². The normalized spacial score (nSPS) is 12.6. The van der Waals surface area contributed by atoms with Crippen molar-refractivity contribution in [1.82, 2.24) is 4.98 Å². The van der Waals surface area contributed by atoms with Crippen molar-refractivity contribution in [2.45, 2.75) is 32.6 Å². The van der Waals surface area contributed by atoms with E-state index in [1.54, 1.807) is 0 Å². The van der Waals surface area contributed by atoms with Crippen LogP contribution in [-0.4, -0.2) is 23.5 Å². The Bertz CT molecular complexity index is 1060. The Balaban J connectivity index is 1.52. The van der Waals surface area contributed by atoms with Gasteiger partial charge in [-0.15, -0.1) is 0 Å². The lowest BCUT2D eigenvalue weighted by atomic mass is 10.0. The van der Waals surface area contributed by atoms with Crippen molar-refractivity contribution in [2.75, 3.05) is 11.9 Å². The molecule has 2 aromatic carbocycles. The molecule has 1 aliphatic carbocycles. The summed E-state index contributed by atoms with van der Waals surface area (Å²) in [6.45, 7) is 1.71. The fourth-order valence-corrected chi connectivity index (χ4v) is 3.78. The number of nitrogens with zero attached hydrogens (tertiary/aromatic N) is 1. The Morgan fingerprint density at radius 3 is 2.71 bits per heavy atom. The fourth-order valence-electron chi connectivity index (χ4n) is 3.78. The molecule has 0 spiro atoms. The van der Waals surface area contributed by atoms with Crippen molar-refractivity contribution < 1.29 is 14.3 Å². The van der Waals surface area contributed by atoms with Crippen molar-refractivity contribution in [3.63, 3.8) is 0 Å². The zero-order valence-corrected chi connectivity index (χ0v) is 15.8. The molecule has 28 heavy (non-hydrogen) atoms. The van der Waals surface area contributed by atoms with E-state index in [0.29, 0.717) is 5.56 Å². The molecule has 4 rings (SSSR count). The monoisotopic (exact) mass is 374 g/mol. The first-order valence-electron chi connectivity index (χ1n) is 9.62. The molecule has 1 N–H and O–H groups in total. The Morgan fingerprint density at radius 2 is 1.86 bits per heavy atom. The van der Waals surface area contributed by atoms with Crippen LogP contribution in [-0.2, 0) is 28.8 Å². The van der Waals surface area contributed by atoms with Gasteiger partial charge in [0.05, 0.1) is 11.1 Å². The summed E-state index contributed by atoms with van der Waals surface area (Å²) in [6.07, 6.45) is 3.47. The number of benzene rings is 2. The third kappa shape index (κ3) is 3.48. The molecular weight excluding hydrogens is 352 g/mol. The predicted octanol–water partition coefficient (Wildman–Crippen LogP) is 4.08. The van der Waals surface area contributed by atoms with Crippen LogP contribution >= 0.6 is 0 Å². The number of fused-ring (bicyclic) bond motifs is 2. The molecule has 0 atom stereocenters. The highest BCUT2D eigenvalue weighted by atomic mass is 16.5. The smallest absolute Gasteiger partial charge is 0.339 e. The summed E-state index contributed by atoms with van der Waals surface area (Å²) < 4.78 is 5.39. The maximum atomic E-state index is 12.9. The van der Waals surface area contributed by atoms with Crippen LogP contribution in [0, 0.1) is 0 Å². The summed E-state index contributed by atoms with van der Waals surface area (Å²) >= 11 is 0. The summed E-state index contributed by atoms with van der Waals surface area (Å²) in [5.41, 5.74) is 5.06. The second-order valence-electron chi connectivity index (χ2n) is 6.92. The van der Waals surface area contributed by atoms with Gasteiger partial charge in [-0.25, -0.2) is 4.79 Å². The lowest BCUT2D eigenvalue weighted by Crippen LogP contribution is -2.22. The number of aryl methyl sites for hydroxylation is 2. The van der Waals surface area contributed by atoms with Crippen molar-refractivity contribution in [3.8, 4) is 0 Å². The summed E-state index contributed by atoms with van der Waals surface area (Å²) in [5.74, 6) is -0.806. The third-order valence-corrected chi connectivity index (χ3v) is 5.13. The Kier molecular flexibility index (Phi) is 5.06. The maximum Gasteiger partial charge on any atom is 0.339 e. The maximum absolute atomic E-state index is 12.9. The van der Waals surface area contributed by atoms with E-state index in [0.717, 1.165) is 59.1 Å². The van der Waals surface area contributed by atoms with Crippen LogP contribution in [0.25, 0.3) is 10.9 Å². The number of amides is 1. The number of anilines is 1. The van der Waals surface area contributed by atoms with E-state index in [2.05, 4.69) is 10.3 Å². The molecule has 5 nitrogen and oxygen atoms in total. The predicted molar refractivity (Wildman–Crippen MR) is 109 cm³/mol. The summed E-state index contributed by atoms with van der Waals surface area (Å²) in [4.78, 5) is 29.9. The van der Waals surface area contributed by atoms with Crippen molar-refractivity contribution in [1.29, 1.82) is 0 Å². The number of carbonyl (C=O) groups excluding carboxylic acids is 2. The molecule has 142 valence electrons. The zero-order valence-electron chi connectivity index (χ0n) is 15.8. The average molecular weight is 374 g/mol. The number of hydrogen-bond acceptors (Lipinski definition) is 4. The van der Waals surface area contributed by atoms with Crippen LogP contribution in [0.3, 0.4) is 0 Å². The van der Waals surface area contributed by atoms with Gasteiger partial charge < -0.3 is 10.1 Å². The van der Waals surface area contributed by atoms with Crippen LogP contribution in [0.15, 0.2) is 48.5 Å². The van der Waals surface area contributed by atoms with E-state index in [1.165, 1.54) is 0 Å². The molecule has 1 amide bonds. The van der Waals surface area contributed by atoms with Crippen LogP contribution in [0.1, 0.15) is 40.5 Å². The molecule has 0 fully saturated rings. The van der Waals surface area contributed by atoms with Gasteiger partial charge >= 0.3 is 5.97 Å². The highest BCUT2D eigenvalue weighted by Gasteiger charge is 2.25. The Labute approximate surface area is 163 Å². The second-order valence-corrected chi connectivity index (χ2v) is 6.92. The molecule has 0 unspecified atom stereocenters. The first kappa shape index (κ1) is 18.2. The van der Waals surface area contributed by atoms with Gasteiger partial charge in [-0.1, -0.05) is 43.3 Å². The molecular formula is C23H22N2O3. The molecule has 1 heterocycles. The molecule has 0 bridgehead atoms. The molecule has 5 heteroatoms. The van der Waals surface area contributed by atoms with Crippen LogP contribution < -0.4 is 5.32 Å². The molecule has 0 saturated heterocycles. The SMILES string of the molecule is CCc1ccccc1NC(=O)COC(=O)c1c2c(nc3ccccc13)CCC2. The van der Waals surface area contributed by atoms with Gasteiger partial charge in [0.1, 0.15) is 0 Å². The number of carbonyl (C=O) groups is 2. The number of rotatable bonds is 5. The Morgan fingerprint density at radius 1 is 1.07 bits per heavy atom. The molecule has 1 aliphatic rings. The number of para-hydroxylation sites is 2. The lowest BCUT2D eigenvalue weighted by Gasteiger charge is -2.13. The third-order valence-electron chi connectivity index (χ3n) is 5.13. The first-order valence-corrected chi connectivity index (χ1v) is 9.62. The second kappa shape index (κ2) is 7.80. The molecule has 1 aromatic heterocycles. The summed E-state index contributed by atoms with van der Waals surface area (Å²) in [5, 5.41) is 3.61. The number of nitrogens with one attached hydrogen (secondary N) is 1. The molecule has 0 aliphatic heterocycles. The van der Waals surface area contributed by atoms with Crippen molar-refractivity contribution >= 4 is 28.5 Å². The largest absolute Gasteiger partial charge is 0.452 e. The number of aromatic nitrogens is 1. The van der Waals surface area contributed by atoms with Crippen LogP contribution in [0.2, 0.25) is 0 Å². The van der Waals surface area contributed by atoms with E-state index < -0.39 is 5.97 Å². The van der Waals surface area contributed by atoms with E-state index >= 15 is 0 Å². The van der Waals surface area contributed by atoms with E-state index in [1.807, 2.05) is 55.5 Å². The minimum Gasteiger partial charge on any atom is -0.452 e. The minimum absolute atomic E-state index is 0.317. The van der Waals surface area contributed by atoms with Crippen LogP contribution in [0.5, 0.6) is 0 Å². The van der Waals surface area contributed by atoms with Gasteiger partial charge in [-0.3, -0.25) is 9.78 Å². The van der Waals surface area contributed by atoms with Gasteiger partial charge in [-0.05, 0) is 48.9 Å². The van der Waals surface area contributed by atoms with E-state index in [4.69, 9.17) is 4.74 Å². The highest BCUT2D eigenvalue weighted by Crippen LogP contribution is 2.30. The highest BCUT2D eigenvalue weighted by molar-refractivity contribution is 6.06. The number of ether oxygens (including phenoxy) is 1. The molecule has 0 radical (unpaired) electrons. The first-order chi connectivity index (χ1) is 13.7. The molecule has 3 aromatic rings. The minimum atomic E-state index is -0.462. The fraction of sp³-hybridized carbons (Fsp3) is 0.261. The number of hydrogen-bond donors (Lipinski definition) is 1. The summed E-state index contributed by atoms with van der Waals surface area (Å²) in [6, 6.07) is 15.2. The van der Waals surface area contributed by atoms with Gasteiger partial charge in [0.2, 0.25) is 0 Å². The van der Waals surface area contributed by atoms with Crippen molar-refractivity contribution in [3.05, 3.63) is 70.9 Å². The standard InChI is InChI=1S/C23H22N2O3/c1-2-15-8-3-5-11-18(15)25-21(26)14-28-23(27)22-16-9-4-6-12-19(16)24-20-13-7-10-17(20)22/h3-6,8-9,11-12H,2,7,10,13-14H2,1H3,(H,25,26). The summed E-state index contributed by atoms with van der Waals surface area (Å²) in [7, 11) is 0. The van der Waals surface area contributed by atoms with Gasteiger partial charge in [0, 0.05) is 16.8 Å². The lowest BCUT2D eigenvalue weighted by molar-refractivity contribution is -0.119.